The normalized spacial score (nSPS) is 15.3. The van der Waals surface area contributed by atoms with Crippen LogP contribution in [0, 0.1) is 13.8 Å². The van der Waals surface area contributed by atoms with Crippen LogP contribution in [-0.4, -0.2) is 34.9 Å². The summed E-state index contributed by atoms with van der Waals surface area (Å²) < 4.78 is 13.5. The van der Waals surface area contributed by atoms with Gasteiger partial charge in [-0.05, 0) is 33.3 Å². The smallest absolute Gasteiger partial charge is 0.165 e. The van der Waals surface area contributed by atoms with Gasteiger partial charge in [0, 0.05) is 43.0 Å². The molecule has 2 heterocycles. The lowest BCUT2D eigenvalue weighted by atomic mass is 10.1. The molecule has 1 aromatic heterocycles. The van der Waals surface area contributed by atoms with Crippen molar-refractivity contribution >= 4 is 0 Å². The Kier molecular flexibility index (Phi) is 5.09. The molecule has 0 fully saturated rings. The third-order valence-electron chi connectivity index (χ3n) is 4.75. The van der Waals surface area contributed by atoms with Gasteiger partial charge < -0.3 is 9.47 Å². The molecular formula is C19H27N3O2. The van der Waals surface area contributed by atoms with Gasteiger partial charge in [-0.1, -0.05) is 12.1 Å². The van der Waals surface area contributed by atoms with Crippen molar-refractivity contribution in [3.63, 3.8) is 0 Å². The summed E-state index contributed by atoms with van der Waals surface area (Å²) >= 11 is 0. The number of hydrogen-bond donors (Lipinski definition) is 0. The van der Waals surface area contributed by atoms with E-state index >= 15 is 0 Å². The number of fused-ring (bicyclic) bond motifs is 1. The highest BCUT2D eigenvalue weighted by atomic mass is 16.5. The number of methoxy groups -OCH3 is 1. The first-order chi connectivity index (χ1) is 11.6. The molecule has 130 valence electrons. The molecule has 1 aliphatic rings. The van der Waals surface area contributed by atoms with Crippen molar-refractivity contribution in [1.29, 1.82) is 0 Å². The van der Waals surface area contributed by atoms with Crippen molar-refractivity contribution < 1.29 is 9.47 Å². The van der Waals surface area contributed by atoms with Gasteiger partial charge in [-0.3, -0.25) is 9.58 Å². The summed E-state index contributed by atoms with van der Waals surface area (Å²) in [6, 6.07) is 6.13. The zero-order valence-corrected chi connectivity index (χ0v) is 15.1. The average Bonchev–Trinajstić information content (AvgIpc) is 2.84. The van der Waals surface area contributed by atoms with Crippen molar-refractivity contribution in [2.45, 2.75) is 46.8 Å². The number of nitrogens with zero attached hydrogens (tertiary/aromatic N) is 3. The highest BCUT2D eigenvalue weighted by Crippen LogP contribution is 2.33. The van der Waals surface area contributed by atoms with Crippen LogP contribution in [0.2, 0.25) is 0 Å². The van der Waals surface area contributed by atoms with Crippen LogP contribution in [0.15, 0.2) is 18.2 Å². The van der Waals surface area contributed by atoms with Gasteiger partial charge in [0.2, 0.25) is 0 Å². The largest absolute Gasteiger partial charge is 0.493 e. The first-order valence-corrected chi connectivity index (χ1v) is 8.68. The second-order valence-electron chi connectivity index (χ2n) is 6.33. The molecule has 0 aliphatic carbocycles. The van der Waals surface area contributed by atoms with Gasteiger partial charge in [0.1, 0.15) is 0 Å². The van der Waals surface area contributed by atoms with E-state index < -0.39 is 0 Å². The monoisotopic (exact) mass is 329 g/mol. The number of para-hydroxylation sites is 1. The maximum Gasteiger partial charge on any atom is 0.165 e. The fraction of sp³-hybridized carbons (Fsp3) is 0.526. The molecule has 0 radical (unpaired) electrons. The fourth-order valence-corrected chi connectivity index (χ4v) is 3.42. The molecule has 1 aromatic carbocycles. The number of hydrogen-bond acceptors (Lipinski definition) is 4. The minimum absolute atomic E-state index is 0.718. The molecule has 3 rings (SSSR count). The van der Waals surface area contributed by atoms with Gasteiger partial charge in [0.15, 0.2) is 11.5 Å². The number of aryl methyl sites for hydroxylation is 2. The van der Waals surface area contributed by atoms with Gasteiger partial charge in [0.25, 0.3) is 0 Å². The SMILES string of the molecule is CCn1nc(C)c(CN2CCCOc3c(cccc3OC)C2)c1C. The molecule has 1 aliphatic heterocycles. The summed E-state index contributed by atoms with van der Waals surface area (Å²) in [4.78, 5) is 2.48. The molecule has 0 spiro atoms. The molecule has 0 saturated heterocycles. The van der Waals surface area contributed by atoms with E-state index in [0.717, 1.165) is 56.4 Å². The Labute approximate surface area is 144 Å². The Morgan fingerprint density at radius 1 is 1.29 bits per heavy atom. The summed E-state index contributed by atoms with van der Waals surface area (Å²) in [5, 5.41) is 4.65. The van der Waals surface area contributed by atoms with Crippen LogP contribution in [0.4, 0.5) is 0 Å². The number of rotatable bonds is 4. The molecule has 0 saturated carbocycles. The molecule has 5 nitrogen and oxygen atoms in total. The van der Waals surface area contributed by atoms with Crippen LogP contribution in [0.25, 0.3) is 0 Å². The molecule has 0 atom stereocenters. The number of benzene rings is 1. The van der Waals surface area contributed by atoms with Gasteiger partial charge in [0.05, 0.1) is 19.4 Å². The van der Waals surface area contributed by atoms with Gasteiger partial charge in [-0.25, -0.2) is 0 Å². The minimum Gasteiger partial charge on any atom is -0.493 e. The second kappa shape index (κ2) is 7.26. The fourth-order valence-electron chi connectivity index (χ4n) is 3.42. The quantitative estimate of drug-likeness (QED) is 0.863. The van der Waals surface area contributed by atoms with Crippen LogP contribution in [0.1, 0.15) is 35.9 Å². The zero-order chi connectivity index (χ0) is 17.1. The highest BCUT2D eigenvalue weighted by molar-refractivity contribution is 5.46. The van der Waals surface area contributed by atoms with Crippen LogP contribution in [0.3, 0.4) is 0 Å². The molecule has 24 heavy (non-hydrogen) atoms. The Bertz CT molecular complexity index is 709. The van der Waals surface area contributed by atoms with Crippen LogP contribution in [0.5, 0.6) is 11.5 Å². The Hall–Kier alpha value is -2.01. The van der Waals surface area contributed by atoms with Crippen molar-refractivity contribution in [2.75, 3.05) is 20.3 Å². The molecular weight excluding hydrogens is 302 g/mol. The van der Waals surface area contributed by atoms with Gasteiger partial charge in [-0.2, -0.15) is 5.10 Å². The lowest BCUT2D eigenvalue weighted by Gasteiger charge is -2.27. The standard InChI is InChI=1S/C19H27N3O2/c1-5-22-15(3)17(14(2)20-22)13-21-10-7-11-24-19-16(12-21)8-6-9-18(19)23-4/h6,8-9H,5,7,10-13H2,1-4H3. The molecule has 2 aromatic rings. The molecule has 0 N–H and O–H groups in total. The molecule has 0 bridgehead atoms. The summed E-state index contributed by atoms with van der Waals surface area (Å²) in [6.07, 6.45) is 1.01. The third kappa shape index (κ3) is 3.26. The maximum absolute atomic E-state index is 5.95. The van der Waals surface area contributed by atoms with Crippen LogP contribution >= 0.6 is 0 Å². The zero-order valence-electron chi connectivity index (χ0n) is 15.1. The lowest BCUT2D eigenvalue weighted by Crippen LogP contribution is -2.28. The van der Waals surface area contributed by atoms with E-state index in [-0.39, 0.29) is 0 Å². The van der Waals surface area contributed by atoms with Crippen molar-refractivity contribution in [1.82, 2.24) is 14.7 Å². The van der Waals surface area contributed by atoms with Crippen LogP contribution < -0.4 is 9.47 Å². The Balaban J connectivity index is 1.86. The summed E-state index contributed by atoms with van der Waals surface area (Å²) in [5.74, 6) is 1.71. The Morgan fingerprint density at radius 2 is 2.12 bits per heavy atom. The highest BCUT2D eigenvalue weighted by Gasteiger charge is 2.20. The van der Waals surface area contributed by atoms with E-state index in [1.165, 1.54) is 16.8 Å². The average molecular weight is 329 g/mol. The van der Waals surface area contributed by atoms with E-state index in [2.05, 4.69) is 41.5 Å². The third-order valence-corrected chi connectivity index (χ3v) is 4.75. The van der Waals surface area contributed by atoms with E-state index in [1.807, 2.05) is 12.1 Å². The second-order valence-corrected chi connectivity index (χ2v) is 6.33. The Morgan fingerprint density at radius 3 is 2.83 bits per heavy atom. The predicted octanol–water partition coefficient (Wildman–Crippen LogP) is 3.31. The molecule has 0 amide bonds. The predicted molar refractivity (Wildman–Crippen MR) is 94.6 cm³/mol. The minimum atomic E-state index is 0.718. The maximum atomic E-state index is 5.95. The van der Waals surface area contributed by atoms with Gasteiger partial charge >= 0.3 is 0 Å². The van der Waals surface area contributed by atoms with Crippen molar-refractivity contribution in [2.24, 2.45) is 0 Å². The van der Waals surface area contributed by atoms with Crippen molar-refractivity contribution in [3.8, 4) is 11.5 Å². The summed E-state index contributed by atoms with van der Waals surface area (Å²) in [7, 11) is 1.70. The molecule has 0 unspecified atom stereocenters. The first kappa shape index (κ1) is 16.8. The van der Waals surface area contributed by atoms with E-state index in [0.29, 0.717) is 0 Å². The molecule has 5 heteroatoms. The summed E-state index contributed by atoms with van der Waals surface area (Å²) in [6.45, 7) is 10.9. The van der Waals surface area contributed by atoms with Crippen molar-refractivity contribution in [3.05, 3.63) is 40.7 Å². The first-order valence-electron chi connectivity index (χ1n) is 8.68. The lowest BCUT2D eigenvalue weighted by molar-refractivity contribution is 0.195. The number of aromatic nitrogens is 2. The van der Waals surface area contributed by atoms with Crippen LogP contribution in [-0.2, 0) is 19.6 Å². The van der Waals surface area contributed by atoms with E-state index in [1.54, 1.807) is 7.11 Å². The van der Waals surface area contributed by atoms with Gasteiger partial charge in [-0.15, -0.1) is 0 Å². The van der Waals surface area contributed by atoms with E-state index in [9.17, 15) is 0 Å². The number of ether oxygens (including phenoxy) is 2. The topological polar surface area (TPSA) is 39.5 Å². The summed E-state index contributed by atoms with van der Waals surface area (Å²) in [5.41, 5.74) is 4.95. The van der Waals surface area contributed by atoms with E-state index in [4.69, 9.17) is 9.47 Å².